The molecule has 3 heteroatoms. The van der Waals surface area contributed by atoms with Crippen LogP contribution in [0.25, 0.3) is 0 Å². The molecule has 0 spiro atoms. The van der Waals surface area contributed by atoms with Gasteiger partial charge in [-0.3, -0.25) is 4.79 Å². The van der Waals surface area contributed by atoms with E-state index in [-0.39, 0.29) is 12.1 Å². The van der Waals surface area contributed by atoms with E-state index in [0.717, 1.165) is 32.1 Å². The van der Waals surface area contributed by atoms with Crippen LogP contribution in [0, 0.1) is 0 Å². The first-order chi connectivity index (χ1) is 22.2. The normalized spacial score (nSPS) is 12.2. The molecule has 0 saturated heterocycles. The second kappa shape index (κ2) is 39.6. The van der Waals surface area contributed by atoms with E-state index in [1.165, 1.54) is 199 Å². The van der Waals surface area contributed by atoms with Crippen LogP contribution < -0.4 is 0 Å². The van der Waals surface area contributed by atoms with E-state index in [2.05, 4.69) is 13.8 Å². The molecule has 0 bridgehead atoms. The molecule has 1 N–H and O–H groups in total. The van der Waals surface area contributed by atoms with Gasteiger partial charge in [0.15, 0.2) is 0 Å². The summed E-state index contributed by atoms with van der Waals surface area (Å²) in [5, 5.41) is 10.1. The van der Waals surface area contributed by atoms with Crippen LogP contribution in [0.5, 0.6) is 0 Å². The quantitative estimate of drug-likeness (QED) is 0.0539. The zero-order chi connectivity index (χ0) is 32.7. The summed E-state index contributed by atoms with van der Waals surface area (Å²) in [6, 6.07) is 0. The van der Waals surface area contributed by atoms with Crippen LogP contribution in [-0.2, 0) is 9.53 Å². The summed E-state index contributed by atoms with van der Waals surface area (Å²) >= 11 is 0. The first kappa shape index (κ1) is 44.4. The molecule has 0 amide bonds. The van der Waals surface area contributed by atoms with Crippen molar-refractivity contribution in [2.24, 2.45) is 0 Å². The van der Waals surface area contributed by atoms with Crippen molar-refractivity contribution < 1.29 is 14.6 Å². The molecule has 270 valence electrons. The minimum Gasteiger partial charge on any atom is -0.466 e. The fourth-order valence-corrected chi connectivity index (χ4v) is 6.63. The zero-order valence-corrected chi connectivity index (χ0v) is 31.2. The summed E-state index contributed by atoms with van der Waals surface area (Å²) in [5.41, 5.74) is 0. The highest BCUT2D eigenvalue weighted by Gasteiger charge is 2.05. The van der Waals surface area contributed by atoms with E-state index in [4.69, 9.17) is 4.74 Å². The van der Waals surface area contributed by atoms with Crippen molar-refractivity contribution in [1.82, 2.24) is 0 Å². The Bertz CT molecular complexity index is 548. The molecule has 0 aromatic rings. The molecule has 0 radical (unpaired) electrons. The summed E-state index contributed by atoms with van der Waals surface area (Å²) < 4.78 is 5.45. The van der Waals surface area contributed by atoms with Crippen molar-refractivity contribution >= 4 is 5.97 Å². The summed E-state index contributed by atoms with van der Waals surface area (Å²) in [5.74, 6) is 0.00625. The standard InChI is InChI=1S/C42H84O3/c1-3-5-7-9-10-11-12-13-14-15-16-17-18-19-20-21-22-23-26-29-32-36-40-45-42(44)39-35-31-28-25-24-27-30-34-38-41(43)37-33-8-6-4-2/h41,43H,3-40H2,1-2H3. The number of aliphatic hydroxyl groups excluding tert-OH is 1. The Morgan fingerprint density at radius 3 is 1.02 bits per heavy atom. The van der Waals surface area contributed by atoms with Gasteiger partial charge >= 0.3 is 5.97 Å². The Balaban J connectivity index is 3.18. The predicted octanol–water partition coefficient (Wildman–Crippen LogP) is 14.4. The van der Waals surface area contributed by atoms with Gasteiger partial charge in [0, 0.05) is 6.42 Å². The first-order valence-corrected chi connectivity index (χ1v) is 21.0. The number of hydrogen-bond donors (Lipinski definition) is 1. The van der Waals surface area contributed by atoms with Crippen LogP contribution in [0.15, 0.2) is 0 Å². The highest BCUT2D eigenvalue weighted by molar-refractivity contribution is 5.69. The van der Waals surface area contributed by atoms with Gasteiger partial charge in [0.25, 0.3) is 0 Å². The second-order valence-corrected chi connectivity index (χ2v) is 14.5. The molecule has 0 aliphatic rings. The zero-order valence-electron chi connectivity index (χ0n) is 31.2. The molecule has 0 aromatic heterocycles. The third-order valence-corrected chi connectivity index (χ3v) is 9.82. The van der Waals surface area contributed by atoms with Crippen molar-refractivity contribution in [1.29, 1.82) is 0 Å². The lowest BCUT2D eigenvalue weighted by molar-refractivity contribution is -0.143. The third-order valence-electron chi connectivity index (χ3n) is 9.82. The first-order valence-electron chi connectivity index (χ1n) is 21.0. The number of esters is 1. The van der Waals surface area contributed by atoms with Crippen LogP contribution in [0.1, 0.15) is 251 Å². The summed E-state index contributed by atoms with van der Waals surface area (Å²) in [7, 11) is 0. The molecule has 0 saturated carbocycles. The van der Waals surface area contributed by atoms with Crippen molar-refractivity contribution in [2.45, 2.75) is 258 Å². The number of rotatable bonds is 39. The van der Waals surface area contributed by atoms with Gasteiger partial charge in [0.2, 0.25) is 0 Å². The smallest absolute Gasteiger partial charge is 0.305 e. The largest absolute Gasteiger partial charge is 0.466 e. The highest BCUT2D eigenvalue weighted by Crippen LogP contribution is 2.17. The van der Waals surface area contributed by atoms with Crippen LogP contribution in [-0.4, -0.2) is 23.8 Å². The van der Waals surface area contributed by atoms with Crippen LogP contribution in [0.2, 0.25) is 0 Å². The summed E-state index contributed by atoms with van der Waals surface area (Å²) in [6.45, 7) is 5.15. The highest BCUT2D eigenvalue weighted by atomic mass is 16.5. The number of ether oxygens (including phenoxy) is 1. The maximum Gasteiger partial charge on any atom is 0.305 e. The lowest BCUT2D eigenvalue weighted by Gasteiger charge is -2.10. The van der Waals surface area contributed by atoms with Gasteiger partial charge in [0.1, 0.15) is 0 Å². The topological polar surface area (TPSA) is 46.5 Å². The monoisotopic (exact) mass is 637 g/mol. The van der Waals surface area contributed by atoms with Gasteiger partial charge in [-0.25, -0.2) is 0 Å². The molecule has 0 rings (SSSR count). The van der Waals surface area contributed by atoms with Crippen molar-refractivity contribution in [3.63, 3.8) is 0 Å². The molecule has 0 fully saturated rings. The van der Waals surface area contributed by atoms with Gasteiger partial charge in [-0.15, -0.1) is 0 Å². The Labute approximate surface area is 284 Å². The van der Waals surface area contributed by atoms with Crippen LogP contribution in [0.3, 0.4) is 0 Å². The molecule has 1 unspecified atom stereocenters. The molecule has 0 aromatic carbocycles. The third kappa shape index (κ3) is 39.5. The Morgan fingerprint density at radius 2 is 0.667 bits per heavy atom. The van der Waals surface area contributed by atoms with Gasteiger partial charge in [-0.05, 0) is 25.7 Å². The maximum absolute atomic E-state index is 12.0. The number of carbonyl (C=O) groups excluding carboxylic acids is 1. The Kier molecular flexibility index (Phi) is 39.1. The minimum atomic E-state index is -0.0788. The van der Waals surface area contributed by atoms with Gasteiger partial charge < -0.3 is 9.84 Å². The lowest BCUT2D eigenvalue weighted by Crippen LogP contribution is -2.06. The van der Waals surface area contributed by atoms with E-state index in [1.54, 1.807) is 0 Å². The van der Waals surface area contributed by atoms with Crippen LogP contribution >= 0.6 is 0 Å². The van der Waals surface area contributed by atoms with Gasteiger partial charge in [-0.1, -0.05) is 219 Å². The SMILES string of the molecule is CCCCCCCCCCCCCCCCCCCCCCCCOC(=O)CCCCCCCCCCC(O)CCCCCC. The number of hydrogen-bond acceptors (Lipinski definition) is 3. The maximum atomic E-state index is 12.0. The van der Waals surface area contributed by atoms with Gasteiger partial charge in [-0.2, -0.15) is 0 Å². The fraction of sp³-hybridized carbons (Fsp3) is 0.976. The van der Waals surface area contributed by atoms with E-state index in [9.17, 15) is 9.90 Å². The lowest BCUT2D eigenvalue weighted by atomic mass is 10.0. The molecule has 0 heterocycles. The molecule has 0 aliphatic carbocycles. The van der Waals surface area contributed by atoms with E-state index in [1.807, 2.05) is 0 Å². The molecular formula is C42H84O3. The molecular weight excluding hydrogens is 552 g/mol. The number of carbonyl (C=O) groups is 1. The van der Waals surface area contributed by atoms with Crippen LogP contribution in [0.4, 0.5) is 0 Å². The minimum absolute atomic E-state index is 0.00625. The van der Waals surface area contributed by atoms with Gasteiger partial charge in [0.05, 0.1) is 12.7 Å². The molecule has 1 atom stereocenters. The molecule has 3 nitrogen and oxygen atoms in total. The Hall–Kier alpha value is -0.570. The average molecular weight is 637 g/mol. The predicted molar refractivity (Wildman–Crippen MR) is 199 cm³/mol. The van der Waals surface area contributed by atoms with Crippen molar-refractivity contribution in [2.75, 3.05) is 6.61 Å². The van der Waals surface area contributed by atoms with Crippen molar-refractivity contribution in [3.05, 3.63) is 0 Å². The number of unbranched alkanes of at least 4 members (excludes halogenated alkanes) is 31. The molecule has 0 aliphatic heterocycles. The summed E-state index contributed by atoms with van der Waals surface area (Å²) in [6.07, 6.45) is 47.9. The van der Waals surface area contributed by atoms with Crippen molar-refractivity contribution in [3.8, 4) is 0 Å². The Morgan fingerprint density at radius 1 is 0.400 bits per heavy atom. The van der Waals surface area contributed by atoms with E-state index >= 15 is 0 Å². The fourth-order valence-electron chi connectivity index (χ4n) is 6.63. The average Bonchev–Trinajstić information content (AvgIpc) is 3.04. The summed E-state index contributed by atoms with van der Waals surface area (Å²) in [4.78, 5) is 12.0. The number of aliphatic hydroxyl groups is 1. The molecule has 45 heavy (non-hydrogen) atoms. The van der Waals surface area contributed by atoms with E-state index in [0.29, 0.717) is 13.0 Å². The van der Waals surface area contributed by atoms with E-state index < -0.39 is 0 Å². The second-order valence-electron chi connectivity index (χ2n) is 14.5.